The summed E-state index contributed by atoms with van der Waals surface area (Å²) < 4.78 is 5.31. The van der Waals surface area contributed by atoms with Crippen molar-refractivity contribution in [2.75, 3.05) is 38.2 Å². The molecule has 1 aliphatic heterocycles. The molecule has 1 aromatic carbocycles. The van der Waals surface area contributed by atoms with Gasteiger partial charge in [-0.15, -0.1) is 21.5 Å². The van der Waals surface area contributed by atoms with Gasteiger partial charge in [-0.1, -0.05) is 18.2 Å². The predicted molar refractivity (Wildman–Crippen MR) is 106 cm³/mol. The molecular formula is C20H20N4O2S. The van der Waals surface area contributed by atoms with Crippen LogP contribution in [0.15, 0.2) is 53.9 Å². The molecule has 1 fully saturated rings. The second-order valence-electron chi connectivity index (χ2n) is 6.23. The van der Waals surface area contributed by atoms with Crippen LogP contribution in [0.2, 0.25) is 0 Å². The zero-order chi connectivity index (χ0) is 18.6. The molecule has 0 bridgehead atoms. The minimum Gasteiger partial charge on any atom is -0.496 e. The van der Waals surface area contributed by atoms with Crippen LogP contribution in [0.5, 0.6) is 5.75 Å². The number of amides is 1. The quantitative estimate of drug-likeness (QED) is 0.696. The highest BCUT2D eigenvalue weighted by Gasteiger charge is 2.24. The van der Waals surface area contributed by atoms with Gasteiger partial charge in [-0.3, -0.25) is 4.79 Å². The third-order valence-corrected chi connectivity index (χ3v) is 5.54. The average molecular weight is 380 g/mol. The molecule has 2 aromatic heterocycles. The molecule has 3 heterocycles. The molecule has 4 rings (SSSR count). The third kappa shape index (κ3) is 3.64. The Morgan fingerprint density at radius 3 is 2.48 bits per heavy atom. The highest BCUT2D eigenvalue weighted by atomic mass is 32.1. The van der Waals surface area contributed by atoms with Gasteiger partial charge in [0.25, 0.3) is 5.91 Å². The number of benzene rings is 1. The number of nitrogens with zero attached hydrogens (tertiary/aromatic N) is 4. The molecule has 138 valence electrons. The van der Waals surface area contributed by atoms with Gasteiger partial charge in [-0.05, 0) is 35.7 Å². The van der Waals surface area contributed by atoms with E-state index in [2.05, 4.69) is 15.1 Å². The minimum atomic E-state index is 0.00577. The first kappa shape index (κ1) is 17.5. The SMILES string of the molecule is COc1ccccc1C(=O)N1CCN(c2ccc(-c3cccs3)nn2)CC1. The van der Waals surface area contributed by atoms with Gasteiger partial charge in [0.2, 0.25) is 0 Å². The lowest BCUT2D eigenvalue weighted by Crippen LogP contribution is -2.49. The van der Waals surface area contributed by atoms with Crippen LogP contribution in [-0.2, 0) is 0 Å². The molecule has 1 saturated heterocycles. The zero-order valence-corrected chi connectivity index (χ0v) is 15.9. The molecule has 0 unspecified atom stereocenters. The molecule has 1 amide bonds. The average Bonchev–Trinajstić information content (AvgIpc) is 3.28. The maximum atomic E-state index is 12.8. The first-order chi connectivity index (χ1) is 13.3. The summed E-state index contributed by atoms with van der Waals surface area (Å²) in [6, 6.07) is 15.4. The van der Waals surface area contributed by atoms with E-state index in [0.717, 1.165) is 29.5 Å². The second-order valence-corrected chi connectivity index (χ2v) is 7.18. The van der Waals surface area contributed by atoms with Crippen molar-refractivity contribution >= 4 is 23.1 Å². The Morgan fingerprint density at radius 2 is 1.81 bits per heavy atom. The smallest absolute Gasteiger partial charge is 0.257 e. The Morgan fingerprint density at radius 1 is 1.00 bits per heavy atom. The molecule has 0 radical (unpaired) electrons. The highest BCUT2D eigenvalue weighted by molar-refractivity contribution is 7.13. The molecule has 27 heavy (non-hydrogen) atoms. The number of methoxy groups -OCH3 is 1. The summed E-state index contributed by atoms with van der Waals surface area (Å²) in [7, 11) is 1.59. The van der Waals surface area contributed by atoms with E-state index in [1.54, 1.807) is 18.4 Å². The standard InChI is InChI=1S/C20H20N4O2S/c1-26-17-6-3-2-5-15(17)20(25)24-12-10-23(11-13-24)19-9-8-16(21-22-19)18-7-4-14-27-18/h2-9,14H,10-13H2,1H3. The number of thiophene rings is 1. The third-order valence-electron chi connectivity index (χ3n) is 4.65. The monoisotopic (exact) mass is 380 g/mol. The molecule has 0 N–H and O–H groups in total. The molecular weight excluding hydrogens is 360 g/mol. The molecule has 0 saturated carbocycles. The van der Waals surface area contributed by atoms with E-state index in [4.69, 9.17) is 4.74 Å². The van der Waals surface area contributed by atoms with Crippen LogP contribution in [0.25, 0.3) is 10.6 Å². The lowest BCUT2D eigenvalue weighted by Gasteiger charge is -2.35. The van der Waals surface area contributed by atoms with Gasteiger partial charge >= 0.3 is 0 Å². The van der Waals surface area contributed by atoms with Crippen LogP contribution >= 0.6 is 11.3 Å². The fraction of sp³-hybridized carbons (Fsp3) is 0.250. The van der Waals surface area contributed by atoms with Gasteiger partial charge in [-0.25, -0.2) is 0 Å². The minimum absolute atomic E-state index is 0.00577. The molecule has 0 atom stereocenters. The van der Waals surface area contributed by atoms with Crippen LogP contribution < -0.4 is 9.64 Å². The van der Waals surface area contributed by atoms with E-state index < -0.39 is 0 Å². The maximum Gasteiger partial charge on any atom is 0.257 e. The van der Waals surface area contributed by atoms with Crippen molar-refractivity contribution in [1.29, 1.82) is 0 Å². The molecule has 6 nitrogen and oxygen atoms in total. The number of hydrogen-bond donors (Lipinski definition) is 0. The number of carbonyl (C=O) groups is 1. The van der Waals surface area contributed by atoms with Gasteiger partial charge in [0.05, 0.1) is 17.6 Å². The van der Waals surface area contributed by atoms with E-state index in [-0.39, 0.29) is 5.91 Å². The number of aromatic nitrogens is 2. The predicted octanol–water partition coefficient (Wildman–Crippen LogP) is 3.18. The van der Waals surface area contributed by atoms with Crippen molar-refractivity contribution in [3.63, 3.8) is 0 Å². The second kappa shape index (κ2) is 7.75. The topological polar surface area (TPSA) is 58.6 Å². The van der Waals surface area contributed by atoms with Crippen LogP contribution in [0.1, 0.15) is 10.4 Å². The van der Waals surface area contributed by atoms with Gasteiger partial charge in [0.1, 0.15) is 11.4 Å². The van der Waals surface area contributed by atoms with Crippen molar-refractivity contribution in [1.82, 2.24) is 15.1 Å². The number of hydrogen-bond acceptors (Lipinski definition) is 6. The largest absolute Gasteiger partial charge is 0.496 e. The Labute approximate surface area is 162 Å². The Kier molecular flexibility index (Phi) is 5.02. The summed E-state index contributed by atoms with van der Waals surface area (Å²) in [6.07, 6.45) is 0. The summed E-state index contributed by atoms with van der Waals surface area (Å²) in [6.45, 7) is 2.75. The summed E-state index contributed by atoms with van der Waals surface area (Å²) in [5, 5.41) is 10.7. The van der Waals surface area contributed by atoms with Crippen molar-refractivity contribution < 1.29 is 9.53 Å². The number of ether oxygens (including phenoxy) is 1. The van der Waals surface area contributed by atoms with Gasteiger partial charge in [-0.2, -0.15) is 0 Å². The maximum absolute atomic E-state index is 12.8. The van der Waals surface area contributed by atoms with Crippen molar-refractivity contribution in [3.05, 3.63) is 59.5 Å². The summed E-state index contributed by atoms with van der Waals surface area (Å²) in [5.74, 6) is 1.46. The Hall–Kier alpha value is -2.93. The van der Waals surface area contributed by atoms with E-state index in [1.807, 2.05) is 58.8 Å². The van der Waals surface area contributed by atoms with Crippen LogP contribution in [0.3, 0.4) is 0 Å². The van der Waals surface area contributed by atoms with Crippen LogP contribution in [0, 0.1) is 0 Å². The fourth-order valence-electron chi connectivity index (χ4n) is 3.18. The summed E-state index contributed by atoms with van der Waals surface area (Å²) in [5.41, 5.74) is 1.49. The van der Waals surface area contributed by atoms with Crippen molar-refractivity contribution in [2.45, 2.75) is 0 Å². The normalized spacial score (nSPS) is 14.3. The van der Waals surface area contributed by atoms with Crippen molar-refractivity contribution in [2.24, 2.45) is 0 Å². The van der Waals surface area contributed by atoms with E-state index in [0.29, 0.717) is 24.4 Å². The molecule has 1 aliphatic rings. The number of para-hydroxylation sites is 1. The first-order valence-electron chi connectivity index (χ1n) is 8.81. The zero-order valence-electron chi connectivity index (χ0n) is 15.0. The molecule has 7 heteroatoms. The molecule has 0 aliphatic carbocycles. The lowest BCUT2D eigenvalue weighted by molar-refractivity contribution is 0.0743. The van der Waals surface area contributed by atoms with E-state index in [9.17, 15) is 4.79 Å². The fourth-order valence-corrected chi connectivity index (χ4v) is 3.87. The van der Waals surface area contributed by atoms with Crippen molar-refractivity contribution in [3.8, 4) is 16.3 Å². The molecule has 3 aromatic rings. The van der Waals surface area contributed by atoms with E-state index >= 15 is 0 Å². The number of piperazine rings is 1. The number of anilines is 1. The van der Waals surface area contributed by atoms with Crippen LogP contribution in [0.4, 0.5) is 5.82 Å². The number of rotatable bonds is 4. The van der Waals surface area contributed by atoms with Gasteiger partial charge in [0.15, 0.2) is 5.82 Å². The Bertz CT molecular complexity index is 904. The highest BCUT2D eigenvalue weighted by Crippen LogP contribution is 2.24. The van der Waals surface area contributed by atoms with Gasteiger partial charge in [0, 0.05) is 26.2 Å². The lowest BCUT2D eigenvalue weighted by atomic mass is 10.1. The first-order valence-corrected chi connectivity index (χ1v) is 9.69. The number of carbonyl (C=O) groups excluding carboxylic acids is 1. The Balaban J connectivity index is 1.41. The van der Waals surface area contributed by atoms with Crippen LogP contribution in [-0.4, -0.2) is 54.3 Å². The summed E-state index contributed by atoms with van der Waals surface area (Å²) >= 11 is 1.65. The van der Waals surface area contributed by atoms with Gasteiger partial charge < -0.3 is 14.5 Å². The summed E-state index contributed by atoms with van der Waals surface area (Å²) in [4.78, 5) is 17.9. The molecule has 0 spiro atoms. The van der Waals surface area contributed by atoms with E-state index in [1.165, 1.54) is 0 Å².